The van der Waals surface area contributed by atoms with Crippen LogP contribution in [-0.4, -0.2) is 41.4 Å². The topological polar surface area (TPSA) is 58.9 Å². The van der Waals surface area contributed by atoms with Crippen molar-refractivity contribution in [3.8, 4) is 0 Å². The fraction of sp³-hybridized carbons (Fsp3) is 1.00. The third-order valence-corrected chi connectivity index (χ3v) is 1.93. The van der Waals surface area contributed by atoms with E-state index in [9.17, 15) is 10.2 Å². The highest BCUT2D eigenvalue weighted by Crippen LogP contribution is 2.18. The Bertz CT molecular complexity index is 152. The van der Waals surface area contributed by atoms with Crippen molar-refractivity contribution in [3.63, 3.8) is 0 Å². The molecule has 0 aromatic heterocycles. The van der Waals surface area contributed by atoms with E-state index in [-0.39, 0.29) is 6.10 Å². The van der Waals surface area contributed by atoms with Crippen molar-refractivity contribution in [3.05, 3.63) is 0 Å². The van der Waals surface area contributed by atoms with Gasteiger partial charge in [-0.25, -0.2) is 0 Å². The number of ether oxygens (including phenoxy) is 2. The Labute approximate surface area is 78.5 Å². The smallest absolute Gasteiger partial charge is 0.160 e. The minimum atomic E-state index is -1.18. The van der Waals surface area contributed by atoms with Crippen molar-refractivity contribution in [2.75, 3.05) is 13.2 Å². The number of hydrogen-bond acceptors (Lipinski definition) is 4. The summed E-state index contributed by atoms with van der Waals surface area (Å²) >= 11 is 0. The maximum atomic E-state index is 9.55. The molecule has 0 spiro atoms. The average Bonchev–Trinajstić information content (AvgIpc) is 2.14. The number of aliphatic hydroxyl groups excluding tert-OH is 1. The molecule has 4 heteroatoms. The van der Waals surface area contributed by atoms with E-state index in [4.69, 9.17) is 9.47 Å². The van der Waals surface area contributed by atoms with E-state index in [0.717, 1.165) is 12.8 Å². The Morgan fingerprint density at radius 2 is 2.15 bits per heavy atom. The van der Waals surface area contributed by atoms with Gasteiger partial charge in [-0.1, -0.05) is 0 Å². The molecule has 1 rings (SSSR count). The summed E-state index contributed by atoms with van der Waals surface area (Å²) in [5.74, 6) is -1.18. The molecule has 1 heterocycles. The molecule has 0 saturated carbocycles. The van der Waals surface area contributed by atoms with Crippen molar-refractivity contribution in [2.24, 2.45) is 0 Å². The van der Waals surface area contributed by atoms with Crippen molar-refractivity contribution < 1.29 is 19.7 Å². The van der Waals surface area contributed by atoms with E-state index in [1.165, 1.54) is 0 Å². The third-order valence-electron chi connectivity index (χ3n) is 1.93. The molecule has 13 heavy (non-hydrogen) atoms. The first-order valence-electron chi connectivity index (χ1n) is 4.65. The Balaban J connectivity index is 2.45. The molecular weight excluding hydrogens is 172 g/mol. The van der Waals surface area contributed by atoms with Gasteiger partial charge in [0.1, 0.15) is 6.10 Å². The third kappa shape index (κ3) is 4.04. The monoisotopic (exact) mass is 190 g/mol. The molecule has 0 amide bonds. The maximum Gasteiger partial charge on any atom is 0.160 e. The summed E-state index contributed by atoms with van der Waals surface area (Å²) in [6, 6.07) is 0. The zero-order chi connectivity index (χ0) is 9.90. The molecule has 1 fully saturated rings. The highest BCUT2D eigenvalue weighted by atomic mass is 16.6. The number of rotatable bonds is 2. The molecule has 78 valence electrons. The van der Waals surface area contributed by atoms with Gasteiger partial charge in [0.25, 0.3) is 0 Å². The number of aliphatic hydroxyl groups is 2. The second-order valence-corrected chi connectivity index (χ2v) is 3.89. The highest BCUT2D eigenvalue weighted by molar-refractivity contribution is 4.73. The Morgan fingerprint density at radius 1 is 1.46 bits per heavy atom. The standard InChI is InChI=1S/C9H18O4/c1-9(2,11)13-8-4-3-5-12-6-7(8)10/h7-8,10-11H,3-6H2,1-2H3/t7-,8?/m1/s1. The minimum Gasteiger partial charge on any atom is -0.388 e. The molecule has 0 radical (unpaired) electrons. The summed E-state index contributed by atoms with van der Waals surface area (Å²) in [7, 11) is 0. The summed E-state index contributed by atoms with van der Waals surface area (Å²) in [5, 5.41) is 19.0. The molecule has 0 aliphatic carbocycles. The van der Waals surface area contributed by atoms with Gasteiger partial charge in [-0.2, -0.15) is 0 Å². The van der Waals surface area contributed by atoms with Gasteiger partial charge in [0.15, 0.2) is 5.79 Å². The van der Waals surface area contributed by atoms with Crippen LogP contribution >= 0.6 is 0 Å². The Kier molecular flexibility index (Phi) is 3.67. The highest BCUT2D eigenvalue weighted by Gasteiger charge is 2.28. The predicted molar refractivity (Wildman–Crippen MR) is 47.2 cm³/mol. The summed E-state index contributed by atoms with van der Waals surface area (Å²) in [5.41, 5.74) is 0. The van der Waals surface area contributed by atoms with Gasteiger partial charge in [-0.15, -0.1) is 0 Å². The molecule has 2 atom stereocenters. The van der Waals surface area contributed by atoms with E-state index in [0.29, 0.717) is 13.2 Å². The lowest BCUT2D eigenvalue weighted by Crippen LogP contribution is -2.38. The maximum absolute atomic E-state index is 9.55. The molecule has 1 unspecified atom stereocenters. The zero-order valence-electron chi connectivity index (χ0n) is 8.19. The molecule has 1 saturated heterocycles. The molecule has 0 aromatic carbocycles. The SMILES string of the molecule is CC(C)(O)OC1CCCOC[C@H]1O. The largest absolute Gasteiger partial charge is 0.388 e. The lowest BCUT2D eigenvalue weighted by atomic mass is 10.1. The molecule has 4 nitrogen and oxygen atoms in total. The van der Waals surface area contributed by atoms with Crippen LogP contribution in [-0.2, 0) is 9.47 Å². The van der Waals surface area contributed by atoms with Crippen LogP contribution in [0.5, 0.6) is 0 Å². The van der Waals surface area contributed by atoms with Gasteiger partial charge in [0.05, 0.1) is 12.7 Å². The normalized spacial score (nSPS) is 31.4. The second-order valence-electron chi connectivity index (χ2n) is 3.89. The fourth-order valence-corrected chi connectivity index (χ4v) is 1.40. The van der Waals surface area contributed by atoms with Gasteiger partial charge in [-0.05, 0) is 26.7 Å². The van der Waals surface area contributed by atoms with Crippen LogP contribution in [0.15, 0.2) is 0 Å². The van der Waals surface area contributed by atoms with Gasteiger partial charge in [0.2, 0.25) is 0 Å². The summed E-state index contributed by atoms with van der Waals surface area (Å²) in [6.45, 7) is 4.07. The Morgan fingerprint density at radius 3 is 2.77 bits per heavy atom. The van der Waals surface area contributed by atoms with Gasteiger partial charge < -0.3 is 19.7 Å². The molecule has 1 aliphatic heterocycles. The quantitative estimate of drug-likeness (QED) is 0.614. The Hall–Kier alpha value is -0.160. The molecular formula is C9H18O4. The van der Waals surface area contributed by atoms with Gasteiger partial charge >= 0.3 is 0 Å². The molecule has 1 aliphatic rings. The molecule has 2 N–H and O–H groups in total. The predicted octanol–water partition coefficient (Wildman–Crippen LogP) is 0.271. The summed E-state index contributed by atoms with van der Waals surface area (Å²) in [6.07, 6.45) is 0.639. The van der Waals surface area contributed by atoms with Crippen LogP contribution in [0.3, 0.4) is 0 Å². The van der Waals surface area contributed by atoms with E-state index < -0.39 is 11.9 Å². The number of hydrogen-bond donors (Lipinski definition) is 2. The first-order valence-corrected chi connectivity index (χ1v) is 4.65. The van der Waals surface area contributed by atoms with Crippen molar-refractivity contribution >= 4 is 0 Å². The van der Waals surface area contributed by atoms with Crippen LogP contribution in [0.25, 0.3) is 0 Å². The van der Waals surface area contributed by atoms with Crippen LogP contribution < -0.4 is 0 Å². The molecule has 0 bridgehead atoms. The van der Waals surface area contributed by atoms with E-state index in [2.05, 4.69) is 0 Å². The fourth-order valence-electron chi connectivity index (χ4n) is 1.40. The summed E-state index contributed by atoms with van der Waals surface area (Å²) < 4.78 is 10.4. The lowest BCUT2D eigenvalue weighted by molar-refractivity contribution is -0.226. The van der Waals surface area contributed by atoms with Crippen molar-refractivity contribution in [2.45, 2.75) is 44.7 Å². The average molecular weight is 190 g/mol. The molecule has 0 aromatic rings. The van der Waals surface area contributed by atoms with Gasteiger partial charge in [-0.3, -0.25) is 0 Å². The first kappa shape index (κ1) is 10.9. The van der Waals surface area contributed by atoms with Crippen molar-refractivity contribution in [1.29, 1.82) is 0 Å². The second kappa shape index (κ2) is 4.37. The first-order chi connectivity index (χ1) is 5.99. The summed E-state index contributed by atoms with van der Waals surface area (Å²) in [4.78, 5) is 0. The zero-order valence-corrected chi connectivity index (χ0v) is 8.19. The van der Waals surface area contributed by atoms with E-state index >= 15 is 0 Å². The van der Waals surface area contributed by atoms with E-state index in [1.54, 1.807) is 13.8 Å². The van der Waals surface area contributed by atoms with Gasteiger partial charge in [0, 0.05) is 6.61 Å². The van der Waals surface area contributed by atoms with E-state index in [1.807, 2.05) is 0 Å². The van der Waals surface area contributed by atoms with Crippen LogP contribution in [0.4, 0.5) is 0 Å². The van der Waals surface area contributed by atoms with Crippen LogP contribution in [0, 0.1) is 0 Å². The van der Waals surface area contributed by atoms with Crippen molar-refractivity contribution in [1.82, 2.24) is 0 Å². The minimum absolute atomic E-state index is 0.292. The van der Waals surface area contributed by atoms with Crippen LogP contribution in [0.1, 0.15) is 26.7 Å². The van der Waals surface area contributed by atoms with Crippen LogP contribution in [0.2, 0.25) is 0 Å². The lowest BCUT2D eigenvalue weighted by Gasteiger charge is -2.27.